The van der Waals surface area contributed by atoms with Gasteiger partial charge in [-0.05, 0) is 48.0 Å². The average Bonchev–Trinajstić information content (AvgIpc) is 3.16. The number of amides is 1. The Morgan fingerprint density at radius 3 is 2.64 bits per heavy atom. The minimum absolute atomic E-state index is 0.0976. The number of aliphatic hydroxyl groups is 1. The van der Waals surface area contributed by atoms with Crippen LogP contribution in [0.1, 0.15) is 12.0 Å². The largest absolute Gasteiger partial charge is 0.494 e. The first-order valence-corrected chi connectivity index (χ1v) is 9.56. The smallest absolute Gasteiger partial charge is 0.250 e. The first-order chi connectivity index (χ1) is 13.6. The minimum Gasteiger partial charge on any atom is -0.494 e. The van der Waals surface area contributed by atoms with Crippen molar-refractivity contribution in [2.75, 3.05) is 18.5 Å². The summed E-state index contributed by atoms with van der Waals surface area (Å²) in [4.78, 5) is 16.4. The molecule has 0 spiro atoms. The highest BCUT2D eigenvalue weighted by Gasteiger charge is 2.06. The first-order valence-electron chi connectivity index (χ1n) is 8.68. The third kappa shape index (κ3) is 5.73. The summed E-state index contributed by atoms with van der Waals surface area (Å²) in [5.41, 5.74) is 2.33. The number of nitrogens with one attached hydrogen (secondary N) is 1. The highest BCUT2D eigenvalue weighted by atomic mass is 32.1. The fourth-order valence-corrected chi connectivity index (χ4v) is 3.06. The zero-order chi connectivity index (χ0) is 19.8. The monoisotopic (exact) mass is 398 g/mol. The number of hydrogen-bond donors (Lipinski definition) is 2. The molecule has 144 valence electrons. The number of hydrogen-bond acceptors (Lipinski definition) is 5. The Bertz CT molecular complexity index is 937. The van der Waals surface area contributed by atoms with E-state index in [2.05, 4.69) is 10.3 Å². The van der Waals surface area contributed by atoms with Gasteiger partial charge in [0.2, 0.25) is 5.91 Å². The number of rotatable bonds is 8. The van der Waals surface area contributed by atoms with E-state index in [-0.39, 0.29) is 18.3 Å². The van der Waals surface area contributed by atoms with Gasteiger partial charge >= 0.3 is 0 Å². The molecule has 0 radical (unpaired) electrons. The van der Waals surface area contributed by atoms with Crippen molar-refractivity contribution < 1.29 is 19.0 Å². The molecule has 1 aromatic heterocycles. The Balaban J connectivity index is 1.54. The van der Waals surface area contributed by atoms with Crippen LogP contribution in [0.3, 0.4) is 0 Å². The van der Waals surface area contributed by atoms with E-state index < -0.39 is 0 Å². The molecule has 2 aromatic carbocycles. The van der Waals surface area contributed by atoms with E-state index in [9.17, 15) is 9.18 Å². The predicted octanol–water partition coefficient (Wildman–Crippen LogP) is 4.36. The van der Waals surface area contributed by atoms with Crippen molar-refractivity contribution in [1.82, 2.24) is 4.98 Å². The molecule has 0 saturated heterocycles. The molecule has 0 saturated carbocycles. The van der Waals surface area contributed by atoms with E-state index in [0.29, 0.717) is 29.6 Å². The number of anilines is 1. The lowest BCUT2D eigenvalue weighted by molar-refractivity contribution is -0.111. The predicted molar refractivity (Wildman–Crippen MR) is 109 cm³/mol. The Labute approximate surface area is 166 Å². The van der Waals surface area contributed by atoms with Gasteiger partial charge in [0, 0.05) is 30.0 Å². The van der Waals surface area contributed by atoms with Gasteiger partial charge in [-0.1, -0.05) is 12.1 Å². The number of benzene rings is 2. The molecule has 1 amide bonds. The summed E-state index contributed by atoms with van der Waals surface area (Å²) in [6.07, 6.45) is 3.71. The number of carbonyl (C=O) groups excluding carboxylic acids is 1. The summed E-state index contributed by atoms with van der Waals surface area (Å²) < 4.78 is 18.5. The summed E-state index contributed by atoms with van der Waals surface area (Å²) in [6, 6.07) is 13.3. The normalized spacial score (nSPS) is 10.9. The second kappa shape index (κ2) is 9.77. The van der Waals surface area contributed by atoms with Crippen molar-refractivity contribution in [3.05, 3.63) is 71.4 Å². The molecule has 0 fully saturated rings. The van der Waals surface area contributed by atoms with Gasteiger partial charge in [-0.2, -0.15) is 0 Å². The zero-order valence-corrected chi connectivity index (χ0v) is 15.8. The molecule has 1 heterocycles. The van der Waals surface area contributed by atoms with E-state index in [4.69, 9.17) is 9.84 Å². The standard InChI is InChI=1S/C21H19FN2O3S/c22-17-7-5-16(6-8-17)19-14-28-21(23-19)24-20(26)11-4-15-2-9-18(10-3-15)27-13-1-12-25/h2-11,14,25H,1,12-13H2,(H,23,24,26). The molecule has 0 aliphatic rings. The molecule has 3 rings (SSSR count). The van der Waals surface area contributed by atoms with Gasteiger partial charge in [0.05, 0.1) is 12.3 Å². The number of thiazole rings is 1. The van der Waals surface area contributed by atoms with Crippen LogP contribution in [-0.2, 0) is 4.79 Å². The van der Waals surface area contributed by atoms with E-state index in [1.165, 1.54) is 29.5 Å². The van der Waals surface area contributed by atoms with Gasteiger partial charge in [0.25, 0.3) is 0 Å². The molecule has 7 heteroatoms. The van der Waals surface area contributed by atoms with Gasteiger partial charge in [-0.15, -0.1) is 11.3 Å². The zero-order valence-electron chi connectivity index (χ0n) is 15.0. The lowest BCUT2D eigenvalue weighted by Gasteiger charge is -2.04. The number of aromatic nitrogens is 1. The van der Waals surface area contributed by atoms with Crippen LogP contribution < -0.4 is 10.1 Å². The minimum atomic E-state index is -0.303. The second-order valence-electron chi connectivity index (χ2n) is 5.86. The van der Waals surface area contributed by atoms with Crippen LogP contribution in [0.15, 0.2) is 60.0 Å². The van der Waals surface area contributed by atoms with Gasteiger partial charge in [-0.25, -0.2) is 9.37 Å². The van der Waals surface area contributed by atoms with Crippen molar-refractivity contribution in [2.24, 2.45) is 0 Å². The van der Waals surface area contributed by atoms with Gasteiger partial charge < -0.3 is 9.84 Å². The highest BCUT2D eigenvalue weighted by Crippen LogP contribution is 2.25. The Morgan fingerprint density at radius 2 is 1.93 bits per heavy atom. The quantitative estimate of drug-likeness (QED) is 0.437. The summed E-state index contributed by atoms with van der Waals surface area (Å²) in [7, 11) is 0. The van der Waals surface area contributed by atoms with Crippen molar-refractivity contribution >= 4 is 28.5 Å². The fraction of sp³-hybridized carbons (Fsp3) is 0.143. The molecular weight excluding hydrogens is 379 g/mol. The van der Waals surface area contributed by atoms with Crippen LogP contribution in [0.5, 0.6) is 5.75 Å². The highest BCUT2D eigenvalue weighted by molar-refractivity contribution is 7.14. The summed E-state index contributed by atoms with van der Waals surface area (Å²) in [5.74, 6) is 0.122. The van der Waals surface area contributed by atoms with E-state index >= 15 is 0 Å². The van der Waals surface area contributed by atoms with Gasteiger partial charge in [-0.3, -0.25) is 10.1 Å². The number of nitrogens with zero attached hydrogens (tertiary/aromatic N) is 1. The molecule has 5 nitrogen and oxygen atoms in total. The molecule has 2 N–H and O–H groups in total. The topological polar surface area (TPSA) is 71.5 Å². The molecule has 0 bridgehead atoms. The molecule has 0 atom stereocenters. The molecule has 0 aliphatic heterocycles. The Kier molecular flexibility index (Phi) is 6.89. The summed E-state index contributed by atoms with van der Waals surface area (Å²) in [6.45, 7) is 0.558. The molecule has 3 aromatic rings. The number of ether oxygens (including phenoxy) is 1. The fourth-order valence-electron chi connectivity index (χ4n) is 2.33. The van der Waals surface area contributed by atoms with Crippen LogP contribution in [0.4, 0.5) is 9.52 Å². The number of carbonyl (C=O) groups is 1. The van der Waals surface area contributed by atoms with Gasteiger partial charge in [0.15, 0.2) is 5.13 Å². The molecule has 0 aliphatic carbocycles. The van der Waals surface area contributed by atoms with Crippen LogP contribution in [0.2, 0.25) is 0 Å². The van der Waals surface area contributed by atoms with E-state index in [0.717, 1.165) is 11.1 Å². The SMILES string of the molecule is O=C(C=Cc1ccc(OCCCO)cc1)Nc1nc(-c2ccc(F)cc2)cs1. The van der Waals surface area contributed by atoms with Gasteiger partial charge in [0.1, 0.15) is 11.6 Å². The Hall–Kier alpha value is -3.03. The van der Waals surface area contributed by atoms with Crippen molar-refractivity contribution in [3.63, 3.8) is 0 Å². The molecular formula is C21H19FN2O3S. The first kappa shape index (κ1) is 19.7. The average molecular weight is 398 g/mol. The summed E-state index contributed by atoms with van der Waals surface area (Å²) in [5, 5.41) is 13.7. The maximum absolute atomic E-state index is 13.0. The number of halogens is 1. The third-order valence-electron chi connectivity index (χ3n) is 3.75. The summed E-state index contributed by atoms with van der Waals surface area (Å²) >= 11 is 1.30. The third-order valence-corrected chi connectivity index (χ3v) is 4.51. The molecule has 0 unspecified atom stereocenters. The van der Waals surface area contributed by atoms with Crippen LogP contribution in [0.25, 0.3) is 17.3 Å². The maximum Gasteiger partial charge on any atom is 0.250 e. The van der Waals surface area contributed by atoms with Crippen molar-refractivity contribution in [2.45, 2.75) is 6.42 Å². The maximum atomic E-state index is 13.0. The van der Waals surface area contributed by atoms with Crippen LogP contribution >= 0.6 is 11.3 Å². The lowest BCUT2D eigenvalue weighted by atomic mass is 10.2. The van der Waals surface area contributed by atoms with E-state index in [1.54, 1.807) is 18.2 Å². The second-order valence-corrected chi connectivity index (χ2v) is 6.72. The van der Waals surface area contributed by atoms with Crippen LogP contribution in [0, 0.1) is 5.82 Å². The molecule has 28 heavy (non-hydrogen) atoms. The van der Waals surface area contributed by atoms with Crippen molar-refractivity contribution in [1.29, 1.82) is 0 Å². The Morgan fingerprint density at radius 1 is 1.18 bits per heavy atom. The lowest BCUT2D eigenvalue weighted by Crippen LogP contribution is -2.07. The number of aliphatic hydroxyl groups excluding tert-OH is 1. The van der Waals surface area contributed by atoms with Crippen LogP contribution in [-0.4, -0.2) is 29.2 Å². The van der Waals surface area contributed by atoms with Crippen molar-refractivity contribution in [3.8, 4) is 17.0 Å². The van der Waals surface area contributed by atoms with E-state index in [1.807, 2.05) is 29.6 Å².